The summed E-state index contributed by atoms with van der Waals surface area (Å²) in [7, 11) is 3.99. The van der Waals surface area contributed by atoms with Gasteiger partial charge in [-0.1, -0.05) is 6.07 Å². The first-order valence-corrected chi connectivity index (χ1v) is 10.3. The van der Waals surface area contributed by atoms with Crippen LogP contribution in [-0.4, -0.2) is 51.0 Å². The largest absolute Gasteiger partial charge is 0.394 e. The van der Waals surface area contributed by atoms with E-state index in [0.29, 0.717) is 5.56 Å². The minimum atomic E-state index is -0.676. The van der Waals surface area contributed by atoms with Crippen molar-refractivity contribution in [1.29, 1.82) is 0 Å². The number of aliphatic hydroxyl groups is 1. The van der Waals surface area contributed by atoms with Crippen LogP contribution in [0.3, 0.4) is 0 Å². The van der Waals surface area contributed by atoms with Crippen molar-refractivity contribution < 1.29 is 9.90 Å². The molecule has 8 heteroatoms. The normalized spacial score (nSPS) is 18.0. The molecule has 2 aromatic heterocycles. The van der Waals surface area contributed by atoms with E-state index in [1.807, 2.05) is 49.3 Å². The molecule has 0 radical (unpaired) electrons. The minimum absolute atomic E-state index is 0.127. The van der Waals surface area contributed by atoms with Crippen LogP contribution < -0.4 is 10.7 Å². The van der Waals surface area contributed by atoms with Gasteiger partial charge in [-0.05, 0) is 32.0 Å². The molecule has 0 aliphatic carbocycles. The van der Waals surface area contributed by atoms with E-state index in [9.17, 15) is 9.90 Å². The number of hydrogen-bond donors (Lipinski definition) is 4. The molecule has 4 heterocycles. The van der Waals surface area contributed by atoms with E-state index >= 15 is 0 Å². The number of likely N-dealkylation sites (N-methyl/N-ethyl adjacent to an activating group) is 1. The zero-order valence-electron chi connectivity index (χ0n) is 18.0. The zero-order chi connectivity index (χ0) is 21.9. The molecule has 160 valence electrons. The average Bonchev–Trinajstić information content (AvgIpc) is 3.42. The number of carbonyl (C=O) groups is 1. The van der Waals surface area contributed by atoms with Gasteiger partial charge in [0.2, 0.25) is 0 Å². The van der Waals surface area contributed by atoms with Crippen molar-refractivity contribution in [3.63, 3.8) is 0 Å². The quantitative estimate of drug-likeness (QED) is 0.524. The van der Waals surface area contributed by atoms with Crippen LogP contribution in [0.2, 0.25) is 0 Å². The number of rotatable bonds is 4. The van der Waals surface area contributed by atoms with Gasteiger partial charge in [-0.15, -0.1) is 0 Å². The predicted molar refractivity (Wildman–Crippen MR) is 121 cm³/mol. The maximum atomic E-state index is 12.7. The lowest BCUT2D eigenvalue weighted by Crippen LogP contribution is -2.46. The van der Waals surface area contributed by atoms with Crippen molar-refractivity contribution in [3.8, 4) is 11.3 Å². The summed E-state index contributed by atoms with van der Waals surface area (Å²) < 4.78 is 2.02. The smallest absolute Gasteiger partial charge is 0.251 e. The van der Waals surface area contributed by atoms with Gasteiger partial charge in [-0.3, -0.25) is 4.79 Å². The Labute approximate surface area is 180 Å². The molecule has 2 aliphatic rings. The van der Waals surface area contributed by atoms with Crippen molar-refractivity contribution in [2.24, 2.45) is 12.0 Å². The fourth-order valence-electron chi connectivity index (χ4n) is 4.27. The van der Waals surface area contributed by atoms with Crippen LogP contribution >= 0.6 is 0 Å². The molecule has 8 nitrogen and oxygen atoms in total. The first-order chi connectivity index (χ1) is 14.8. The number of benzene rings is 1. The lowest BCUT2D eigenvalue weighted by atomic mass is 9.99. The van der Waals surface area contributed by atoms with Gasteiger partial charge in [0.1, 0.15) is 5.82 Å². The standard InChI is InChI=1S/C23H26N6O2/c1-23(2,12-30)27-22(31)13-5-6-15-17(11-28(3)19(15)7-13)18-8-16-20-14(10-25-29(20)4)9-24-21(16)26-18/h5-11,20,25-26,30H,12H2,1-4H3,(H,27,31). The highest BCUT2D eigenvalue weighted by atomic mass is 16.3. The van der Waals surface area contributed by atoms with Gasteiger partial charge in [-0.25, -0.2) is 10.0 Å². The van der Waals surface area contributed by atoms with Gasteiger partial charge in [0.15, 0.2) is 0 Å². The lowest BCUT2D eigenvalue weighted by Gasteiger charge is -2.23. The van der Waals surface area contributed by atoms with E-state index < -0.39 is 5.54 Å². The summed E-state index contributed by atoms with van der Waals surface area (Å²) >= 11 is 0. The Bertz CT molecular complexity index is 1260. The predicted octanol–water partition coefficient (Wildman–Crippen LogP) is 2.77. The molecule has 0 spiro atoms. The Kier molecular flexibility index (Phi) is 4.32. The van der Waals surface area contributed by atoms with E-state index in [-0.39, 0.29) is 18.6 Å². The molecular weight excluding hydrogens is 392 g/mol. The second kappa shape index (κ2) is 6.83. The number of aromatic nitrogens is 2. The fourth-order valence-corrected chi connectivity index (χ4v) is 4.27. The number of carbonyl (C=O) groups excluding carboxylic acids is 1. The van der Waals surface area contributed by atoms with Crippen LogP contribution in [-0.2, 0) is 7.05 Å². The van der Waals surface area contributed by atoms with E-state index in [2.05, 4.69) is 38.0 Å². The number of amides is 1. The minimum Gasteiger partial charge on any atom is -0.394 e. The summed E-state index contributed by atoms with van der Waals surface area (Å²) in [4.78, 5) is 20.7. The number of hydrazine groups is 1. The molecule has 0 fully saturated rings. The van der Waals surface area contributed by atoms with Gasteiger partial charge < -0.3 is 25.4 Å². The Morgan fingerprint density at radius 1 is 1.29 bits per heavy atom. The van der Waals surface area contributed by atoms with Crippen molar-refractivity contribution in [2.45, 2.75) is 25.4 Å². The third-order valence-electron chi connectivity index (χ3n) is 5.99. The third kappa shape index (κ3) is 3.15. The monoisotopic (exact) mass is 418 g/mol. The molecule has 0 bridgehead atoms. The molecule has 4 N–H and O–H groups in total. The number of fused-ring (bicyclic) bond motifs is 4. The maximum Gasteiger partial charge on any atom is 0.251 e. The summed E-state index contributed by atoms with van der Waals surface area (Å²) in [6.07, 6.45) is 5.94. The molecule has 5 rings (SSSR count). The summed E-state index contributed by atoms with van der Waals surface area (Å²) in [5.41, 5.74) is 8.40. The van der Waals surface area contributed by atoms with Crippen LogP contribution in [0, 0.1) is 0 Å². The van der Waals surface area contributed by atoms with E-state index in [4.69, 9.17) is 0 Å². The molecule has 1 unspecified atom stereocenters. The summed E-state index contributed by atoms with van der Waals surface area (Å²) in [6.45, 7) is 3.45. The van der Waals surface area contributed by atoms with E-state index in [1.165, 1.54) is 0 Å². The van der Waals surface area contributed by atoms with Crippen LogP contribution in [0.1, 0.15) is 35.8 Å². The van der Waals surface area contributed by atoms with Gasteiger partial charge in [0.25, 0.3) is 5.91 Å². The van der Waals surface area contributed by atoms with E-state index in [1.54, 1.807) is 13.8 Å². The molecule has 1 aromatic carbocycles. The highest BCUT2D eigenvalue weighted by Crippen LogP contribution is 2.42. The van der Waals surface area contributed by atoms with Crippen molar-refractivity contribution >= 4 is 28.8 Å². The Balaban J connectivity index is 1.53. The summed E-state index contributed by atoms with van der Waals surface area (Å²) in [5.74, 6) is 0.663. The molecule has 1 atom stereocenters. The topological polar surface area (TPSA) is 97.7 Å². The lowest BCUT2D eigenvalue weighted by molar-refractivity contribution is 0.0869. The van der Waals surface area contributed by atoms with Crippen LogP contribution in [0.25, 0.3) is 22.2 Å². The highest BCUT2D eigenvalue weighted by molar-refractivity contribution is 6.02. The van der Waals surface area contributed by atoms with E-state index in [0.717, 1.165) is 39.1 Å². The first kappa shape index (κ1) is 19.6. The zero-order valence-corrected chi connectivity index (χ0v) is 18.0. The molecule has 31 heavy (non-hydrogen) atoms. The molecule has 0 saturated heterocycles. The number of aliphatic imine (C=N–C) groups is 1. The number of nitrogens with one attached hydrogen (secondary N) is 3. The Hall–Kier alpha value is -3.36. The molecule has 3 aromatic rings. The molecule has 1 amide bonds. The van der Waals surface area contributed by atoms with Gasteiger partial charge >= 0.3 is 0 Å². The van der Waals surface area contributed by atoms with Crippen LogP contribution in [0.4, 0.5) is 5.82 Å². The van der Waals surface area contributed by atoms with Crippen molar-refractivity contribution in [3.05, 3.63) is 53.4 Å². The van der Waals surface area contributed by atoms with Crippen molar-refractivity contribution in [1.82, 2.24) is 25.3 Å². The molecular formula is C23H26N6O2. The third-order valence-corrected chi connectivity index (χ3v) is 5.99. The summed E-state index contributed by atoms with van der Waals surface area (Å²) in [5, 5.41) is 15.4. The number of nitrogens with zero attached hydrogens (tertiary/aromatic N) is 3. The second-order valence-electron chi connectivity index (χ2n) is 8.91. The first-order valence-electron chi connectivity index (χ1n) is 10.3. The number of aliphatic hydroxyl groups excluding tert-OH is 1. The Morgan fingerprint density at radius 2 is 2.10 bits per heavy atom. The van der Waals surface area contributed by atoms with Gasteiger partial charge in [-0.2, -0.15) is 0 Å². The average molecular weight is 419 g/mol. The number of aryl methyl sites for hydroxylation is 1. The highest BCUT2D eigenvalue weighted by Gasteiger charge is 2.32. The molecule has 0 saturated carbocycles. The van der Waals surface area contributed by atoms with Gasteiger partial charge in [0.05, 0.1) is 18.2 Å². The summed E-state index contributed by atoms with van der Waals surface area (Å²) in [6, 6.07) is 7.98. The number of hydrogen-bond acceptors (Lipinski definition) is 5. The fraction of sp³-hybridized carbons (Fsp3) is 0.304. The van der Waals surface area contributed by atoms with Gasteiger partial charge in [0, 0.05) is 71.6 Å². The molecule has 2 aliphatic heterocycles. The maximum absolute atomic E-state index is 12.7. The van der Waals surface area contributed by atoms with Crippen LogP contribution in [0.15, 0.2) is 47.2 Å². The number of H-pyrrole nitrogens is 1. The van der Waals surface area contributed by atoms with Crippen LogP contribution in [0.5, 0.6) is 0 Å². The second-order valence-corrected chi connectivity index (χ2v) is 8.91. The SMILES string of the molecule is CN1NC=C2C=Nc3[nH]c(-c4cn(C)c5cc(C(=O)NC(C)(C)CO)ccc45)cc3C21. The Morgan fingerprint density at radius 3 is 2.87 bits per heavy atom. The van der Waals surface area contributed by atoms with Crippen molar-refractivity contribution in [2.75, 3.05) is 13.7 Å². The number of aromatic amines is 1.